The molecule has 2 rings (SSSR count). The molecular weight excluding hydrogens is 234 g/mol. The Balaban J connectivity index is 1.81. The second kappa shape index (κ2) is 8.21. The summed E-state index contributed by atoms with van der Waals surface area (Å²) in [5, 5.41) is 0. The van der Waals surface area contributed by atoms with E-state index in [1.807, 2.05) is 0 Å². The summed E-state index contributed by atoms with van der Waals surface area (Å²) in [4.78, 5) is 2.43. The molecule has 0 radical (unpaired) electrons. The van der Waals surface area contributed by atoms with Crippen LogP contribution in [-0.2, 0) is 11.2 Å². The van der Waals surface area contributed by atoms with E-state index in [9.17, 15) is 0 Å². The highest BCUT2D eigenvalue weighted by atomic mass is 16.5. The van der Waals surface area contributed by atoms with E-state index < -0.39 is 0 Å². The van der Waals surface area contributed by atoms with Gasteiger partial charge in [-0.2, -0.15) is 0 Å². The van der Waals surface area contributed by atoms with Crippen LogP contribution in [-0.4, -0.2) is 26.3 Å². The number of hydrogen-bond acceptors (Lipinski definition) is 2. The molecule has 19 heavy (non-hydrogen) atoms. The summed E-state index contributed by atoms with van der Waals surface area (Å²) in [5.41, 5.74) is 2.86. The van der Waals surface area contributed by atoms with Gasteiger partial charge in [0.25, 0.3) is 0 Å². The highest BCUT2D eigenvalue weighted by molar-refractivity contribution is 5.48. The lowest BCUT2D eigenvalue weighted by Crippen LogP contribution is -2.36. The summed E-state index contributed by atoms with van der Waals surface area (Å²) in [6, 6.07) is 9.06. The number of nitrogens with zero attached hydrogens (tertiary/aromatic N) is 1. The summed E-state index contributed by atoms with van der Waals surface area (Å²) in [6.07, 6.45) is 8.02. The van der Waals surface area contributed by atoms with Gasteiger partial charge < -0.3 is 9.64 Å². The van der Waals surface area contributed by atoms with Gasteiger partial charge in [-0.3, -0.25) is 0 Å². The van der Waals surface area contributed by atoms with Crippen molar-refractivity contribution in [2.75, 3.05) is 31.2 Å². The summed E-state index contributed by atoms with van der Waals surface area (Å²) >= 11 is 0. The molecule has 0 aromatic heterocycles. The Bertz CT molecular complexity index is 358. The molecule has 0 aliphatic carbocycles. The highest BCUT2D eigenvalue weighted by Crippen LogP contribution is 2.19. The maximum absolute atomic E-state index is 5.41. The van der Waals surface area contributed by atoms with Gasteiger partial charge in [-0.15, -0.1) is 0 Å². The van der Waals surface area contributed by atoms with E-state index in [0.29, 0.717) is 0 Å². The van der Waals surface area contributed by atoms with Crippen LogP contribution >= 0.6 is 0 Å². The number of hydrogen-bond donors (Lipinski definition) is 0. The molecule has 0 spiro atoms. The van der Waals surface area contributed by atoms with Crippen molar-refractivity contribution >= 4 is 5.69 Å². The van der Waals surface area contributed by atoms with Gasteiger partial charge in [0.15, 0.2) is 0 Å². The Labute approximate surface area is 117 Å². The Morgan fingerprint density at radius 3 is 2.63 bits per heavy atom. The summed E-state index contributed by atoms with van der Waals surface area (Å²) < 4.78 is 5.41. The molecular formula is C17H27NO. The van der Waals surface area contributed by atoms with Gasteiger partial charge in [0.2, 0.25) is 0 Å². The van der Waals surface area contributed by atoms with E-state index in [4.69, 9.17) is 4.74 Å². The van der Waals surface area contributed by atoms with Crippen molar-refractivity contribution in [1.29, 1.82) is 0 Å². The van der Waals surface area contributed by atoms with Crippen LogP contribution in [0.15, 0.2) is 24.3 Å². The minimum absolute atomic E-state index is 0.862. The lowest BCUT2D eigenvalue weighted by molar-refractivity contribution is 0.122. The van der Waals surface area contributed by atoms with E-state index in [0.717, 1.165) is 26.3 Å². The molecule has 0 N–H and O–H groups in total. The zero-order chi connectivity index (χ0) is 13.3. The molecule has 1 heterocycles. The van der Waals surface area contributed by atoms with Crippen LogP contribution in [0.4, 0.5) is 5.69 Å². The average molecular weight is 261 g/mol. The van der Waals surface area contributed by atoms with E-state index in [1.54, 1.807) is 0 Å². The maximum atomic E-state index is 5.41. The second-order valence-electron chi connectivity index (χ2n) is 5.43. The molecule has 1 aromatic rings. The molecule has 0 bridgehead atoms. The minimum Gasteiger partial charge on any atom is -0.378 e. The summed E-state index contributed by atoms with van der Waals surface area (Å²) in [7, 11) is 0. The van der Waals surface area contributed by atoms with E-state index >= 15 is 0 Å². The first-order valence-electron chi connectivity index (χ1n) is 7.82. The number of unbranched alkanes of at least 4 members (excludes halogenated alkanes) is 4. The first-order valence-corrected chi connectivity index (χ1v) is 7.82. The number of ether oxygens (including phenoxy) is 1. The lowest BCUT2D eigenvalue weighted by Gasteiger charge is -2.29. The minimum atomic E-state index is 0.862. The summed E-state index contributed by atoms with van der Waals surface area (Å²) in [5.74, 6) is 0. The van der Waals surface area contributed by atoms with Gasteiger partial charge in [-0.25, -0.2) is 0 Å². The smallest absolute Gasteiger partial charge is 0.0642 e. The molecule has 2 nitrogen and oxygen atoms in total. The zero-order valence-corrected chi connectivity index (χ0v) is 12.2. The van der Waals surface area contributed by atoms with Crippen LogP contribution in [0.1, 0.15) is 44.6 Å². The Hall–Kier alpha value is -1.02. The molecule has 1 fully saturated rings. The van der Waals surface area contributed by atoms with Gasteiger partial charge >= 0.3 is 0 Å². The van der Waals surface area contributed by atoms with Gasteiger partial charge in [-0.1, -0.05) is 44.7 Å². The van der Waals surface area contributed by atoms with Gasteiger partial charge in [0, 0.05) is 18.8 Å². The standard InChI is InChI=1S/C17H27NO/c1-2-3-4-5-6-8-16-9-7-10-17(15-16)18-11-13-19-14-12-18/h7,9-10,15H,2-6,8,11-14H2,1H3. The van der Waals surface area contributed by atoms with Crippen molar-refractivity contribution in [1.82, 2.24) is 0 Å². The molecule has 1 saturated heterocycles. The fourth-order valence-electron chi connectivity index (χ4n) is 2.66. The fourth-order valence-corrected chi connectivity index (χ4v) is 2.66. The third kappa shape index (κ3) is 4.87. The molecule has 0 unspecified atom stereocenters. The first kappa shape index (κ1) is 14.4. The fraction of sp³-hybridized carbons (Fsp3) is 0.647. The highest BCUT2D eigenvalue weighted by Gasteiger charge is 2.10. The quantitative estimate of drug-likeness (QED) is 0.687. The van der Waals surface area contributed by atoms with E-state index in [-0.39, 0.29) is 0 Å². The van der Waals surface area contributed by atoms with Crippen LogP contribution in [0.5, 0.6) is 0 Å². The van der Waals surface area contributed by atoms with Crippen LogP contribution in [0.3, 0.4) is 0 Å². The number of aryl methyl sites for hydroxylation is 1. The van der Waals surface area contributed by atoms with E-state index in [1.165, 1.54) is 49.8 Å². The number of rotatable bonds is 7. The van der Waals surface area contributed by atoms with Crippen LogP contribution < -0.4 is 4.90 Å². The first-order chi connectivity index (χ1) is 9.40. The van der Waals surface area contributed by atoms with Gasteiger partial charge in [0.05, 0.1) is 13.2 Å². The van der Waals surface area contributed by atoms with Gasteiger partial charge in [-0.05, 0) is 30.5 Å². The topological polar surface area (TPSA) is 12.5 Å². The zero-order valence-electron chi connectivity index (χ0n) is 12.2. The third-order valence-corrected chi connectivity index (χ3v) is 3.86. The Kier molecular flexibility index (Phi) is 6.22. The van der Waals surface area contributed by atoms with Crippen LogP contribution in [0, 0.1) is 0 Å². The van der Waals surface area contributed by atoms with Crippen molar-refractivity contribution < 1.29 is 4.74 Å². The molecule has 2 heteroatoms. The number of anilines is 1. The molecule has 106 valence electrons. The predicted octanol–water partition coefficient (Wildman–Crippen LogP) is 4.04. The molecule has 1 aliphatic heterocycles. The molecule has 0 amide bonds. The van der Waals surface area contributed by atoms with Crippen LogP contribution in [0.2, 0.25) is 0 Å². The SMILES string of the molecule is CCCCCCCc1cccc(N2CCOCC2)c1. The number of benzene rings is 1. The van der Waals surface area contributed by atoms with Crippen molar-refractivity contribution in [3.8, 4) is 0 Å². The van der Waals surface area contributed by atoms with Crippen molar-refractivity contribution in [2.45, 2.75) is 45.4 Å². The lowest BCUT2D eigenvalue weighted by atomic mass is 10.0. The predicted molar refractivity (Wildman–Crippen MR) is 81.9 cm³/mol. The van der Waals surface area contributed by atoms with E-state index in [2.05, 4.69) is 36.1 Å². The normalized spacial score (nSPS) is 15.7. The monoisotopic (exact) mass is 261 g/mol. The Morgan fingerprint density at radius 1 is 1.05 bits per heavy atom. The van der Waals surface area contributed by atoms with Gasteiger partial charge in [0.1, 0.15) is 0 Å². The molecule has 1 aliphatic rings. The largest absolute Gasteiger partial charge is 0.378 e. The van der Waals surface area contributed by atoms with Crippen LogP contribution in [0.25, 0.3) is 0 Å². The van der Waals surface area contributed by atoms with Crippen molar-refractivity contribution in [3.05, 3.63) is 29.8 Å². The maximum Gasteiger partial charge on any atom is 0.0642 e. The third-order valence-electron chi connectivity index (χ3n) is 3.86. The molecule has 0 saturated carbocycles. The second-order valence-corrected chi connectivity index (χ2v) is 5.43. The van der Waals surface area contributed by atoms with Crippen molar-refractivity contribution in [2.24, 2.45) is 0 Å². The summed E-state index contributed by atoms with van der Waals surface area (Å²) in [6.45, 7) is 6.05. The average Bonchev–Trinajstić information content (AvgIpc) is 2.48. The molecule has 1 aromatic carbocycles. The number of morpholine rings is 1. The molecule has 0 atom stereocenters. The Morgan fingerprint density at radius 2 is 1.84 bits per heavy atom. The van der Waals surface area contributed by atoms with Crippen molar-refractivity contribution in [3.63, 3.8) is 0 Å².